The van der Waals surface area contributed by atoms with Crippen molar-refractivity contribution in [2.45, 2.75) is 81.0 Å². The molecule has 3 rings (SSSR count). The molecule has 3 saturated heterocycles. The zero-order chi connectivity index (χ0) is 19.2. The van der Waals surface area contributed by atoms with Crippen LogP contribution < -0.4 is 0 Å². The molecule has 1 unspecified atom stereocenters. The first-order valence-corrected chi connectivity index (χ1v) is 8.44. The van der Waals surface area contributed by atoms with Crippen molar-refractivity contribution in [2.75, 3.05) is 13.2 Å². The highest BCUT2D eigenvalue weighted by Crippen LogP contribution is 2.34. The Balaban J connectivity index is 1.71. The van der Waals surface area contributed by atoms with Crippen molar-refractivity contribution in [3.05, 3.63) is 0 Å². The molecule has 0 bridgehead atoms. The summed E-state index contributed by atoms with van der Waals surface area (Å²) in [4.78, 5) is 0. The van der Waals surface area contributed by atoms with Crippen molar-refractivity contribution in [3.63, 3.8) is 0 Å². The SMILES string of the molecule is CC1(C)OC[C@H]2O[C@H](O[C@H]3[C@H](O)[C@@H](O)C(O)O[C@@H]3CO)[C@H](O)[C@@H](O)[C@@H]2O1. The van der Waals surface area contributed by atoms with Crippen LogP contribution in [0.3, 0.4) is 0 Å². The predicted octanol–water partition coefficient (Wildman–Crippen LogP) is -3.60. The summed E-state index contributed by atoms with van der Waals surface area (Å²) in [6.45, 7) is 2.79. The Morgan fingerprint density at radius 2 is 1.65 bits per heavy atom. The van der Waals surface area contributed by atoms with Gasteiger partial charge in [0.1, 0.15) is 48.8 Å². The molecule has 3 heterocycles. The minimum atomic E-state index is -1.70. The van der Waals surface area contributed by atoms with Gasteiger partial charge >= 0.3 is 0 Å². The van der Waals surface area contributed by atoms with Gasteiger partial charge in [-0.15, -0.1) is 0 Å². The zero-order valence-electron chi connectivity index (χ0n) is 14.4. The van der Waals surface area contributed by atoms with Crippen molar-refractivity contribution < 1.29 is 54.3 Å². The molecule has 3 fully saturated rings. The Hall–Kier alpha value is -0.440. The fraction of sp³-hybridized carbons (Fsp3) is 1.00. The molecule has 0 saturated carbocycles. The van der Waals surface area contributed by atoms with E-state index in [0.29, 0.717) is 0 Å². The number of hydrogen-bond donors (Lipinski definition) is 6. The van der Waals surface area contributed by atoms with E-state index in [1.165, 1.54) is 0 Å². The second kappa shape index (κ2) is 7.53. The van der Waals surface area contributed by atoms with Crippen LogP contribution in [0.1, 0.15) is 13.8 Å². The highest BCUT2D eigenvalue weighted by molar-refractivity contribution is 4.96. The second-order valence-electron chi connectivity index (χ2n) is 7.15. The number of rotatable bonds is 3. The van der Waals surface area contributed by atoms with Gasteiger partial charge in [0, 0.05) is 0 Å². The van der Waals surface area contributed by atoms with E-state index in [-0.39, 0.29) is 6.61 Å². The third-order valence-electron chi connectivity index (χ3n) is 4.79. The Labute approximate surface area is 149 Å². The van der Waals surface area contributed by atoms with Gasteiger partial charge in [-0.05, 0) is 13.8 Å². The van der Waals surface area contributed by atoms with E-state index in [2.05, 4.69) is 0 Å². The van der Waals surface area contributed by atoms with Gasteiger partial charge in [-0.1, -0.05) is 0 Å². The monoisotopic (exact) mass is 382 g/mol. The maximum Gasteiger partial charge on any atom is 0.187 e. The van der Waals surface area contributed by atoms with Crippen LogP contribution in [0.5, 0.6) is 0 Å². The third kappa shape index (κ3) is 3.75. The highest BCUT2D eigenvalue weighted by atomic mass is 16.8. The van der Waals surface area contributed by atoms with E-state index >= 15 is 0 Å². The van der Waals surface area contributed by atoms with Crippen LogP contribution >= 0.6 is 0 Å². The standard InChI is InChI=1S/C15H26O11/c1-15(2)22-4-6-12(26-15)8(18)10(20)14(24-6)25-11-5(3-16)23-13(21)9(19)7(11)17/h5-14,16-21H,3-4H2,1-2H3/t5-,6-,7-,8-,9-,10-,11-,12-,13?,14-/m1/s1. The molecule has 26 heavy (non-hydrogen) atoms. The topological polar surface area (TPSA) is 168 Å². The Morgan fingerprint density at radius 3 is 2.31 bits per heavy atom. The molecule has 0 radical (unpaired) electrons. The number of aliphatic hydroxyl groups is 6. The molecule has 0 amide bonds. The molecule has 0 aromatic carbocycles. The predicted molar refractivity (Wildman–Crippen MR) is 80.4 cm³/mol. The summed E-state index contributed by atoms with van der Waals surface area (Å²) in [5.41, 5.74) is 0. The minimum Gasteiger partial charge on any atom is -0.394 e. The molecule has 152 valence electrons. The Bertz CT molecular complexity index is 484. The quantitative estimate of drug-likeness (QED) is 0.285. The van der Waals surface area contributed by atoms with Gasteiger partial charge in [-0.3, -0.25) is 0 Å². The first-order valence-electron chi connectivity index (χ1n) is 8.44. The average molecular weight is 382 g/mol. The second-order valence-corrected chi connectivity index (χ2v) is 7.15. The lowest BCUT2D eigenvalue weighted by Gasteiger charge is -2.50. The number of fused-ring (bicyclic) bond motifs is 1. The van der Waals surface area contributed by atoms with E-state index in [4.69, 9.17) is 23.7 Å². The van der Waals surface area contributed by atoms with E-state index in [1.807, 2.05) is 0 Å². The Kier molecular flexibility index (Phi) is 5.88. The van der Waals surface area contributed by atoms with Crippen molar-refractivity contribution in [1.82, 2.24) is 0 Å². The first kappa shape index (κ1) is 20.3. The molecule has 10 atom stereocenters. The molecule has 0 aromatic heterocycles. The van der Waals surface area contributed by atoms with Crippen LogP contribution in [0.15, 0.2) is 0 Å². The average Bonchev–Trinajstić information content (AvgIpc) is 2.59. The molecule has 0 spiro atoms. The molecule has 11 nitrogen and oxygen atoms in total. The normalized spacial score (nSPS) is 51.7. The van der Waals surface area contributed by atoms with Crippen molar-refractivity contribution in [1.29, 1.82) is 0 Å². The van der Waals surface area contributed by atoms with Crippen molar-refractivity contribution in [2.24, 2.45) is 0 Å². The van der Waals surface area contributed by atoms with Crippen molar-refractivity contribution >= 4 is 0 Å². The molecule has 0 aromatic rings. The smallest absolute Gasteiger partial charge is 0.187 e. The summed E-state index contributed by atoms with van der Waals surface area (Å²) >= 11 is 0. The van der Waals surface area contributed by atoms with Gasteiger partial charge < -0.3 is 54.3 Å². The molecule has 3 aliphatic rings. The van der Waals surface area contributed by atoms with E-state index in [0.717, 1.165) is 0 Å². The molecule has 6 N–H and O–H groups in total. The Morgan fingerprint density at radius 1 is 0.962 bits per heavy atom. The number of aliphatic hydroxyl groups excluding tert-OH is 6. The summed E-state index contributed by atoms with van der Waals surface area (Å²) < 4.78 is 27.2. The van der Waals surface area contributed by atoms with Gasteiger partial charge in [0.2, 0.25) is 0 Å². The fourth-order valence-corrected chi connectivity index (χ4v) is 3.33. The minimum absolute atomic E-state index is 0.0792. The molecular weight excluding hydrogens is 356 g/mol. The van der Waals surface area contributed by atoms with Crippen LogP contribution in [-0.2, 0) is 23.7 Å². The maximum absolute atomic E-state index is 10.4. The van der Waals surface area contributed by atoms with Crippen LogP contribution in [0.4, 0.5) is 0 Å². The summed E-state index contributed by atoms with van der Waals surface area (Å²) in [6.07, 6.45) is -13.3. The van der Waals surface area contributed by atoms with Crippen LogP contribution in [0.2, 0.25) is 0 Å². The summed E-state index contributed by atoms with van der Waals surface area (Å²) in [7, 11) is 0. The summed E-state index contributed by atoms with van der Waals surface area (Å²) in [6, 6.07) is 0. The molecule has 11 heteroatoms. The van der Waals surface area contributed by atoms with Gasteiger partial charge in [-0.25, -0.2) is 0 Å². The highest BCUT2D eigenvalue weighted by Gasteiger charge is 2.53. The molecule has 3 aliphatic heterocycles. The lowest BCUT2D eigenvalue weighted by atomic mass is 9.96. The van der Waals surface area contributed by atoms with E-state index in [1.54, 1.807) is 13.8 Å². The molecular formula is C15H26O11. The zero-order valence-corrected chi connectivity index (χ0v) is 14.4. The van der Waals surface area contributed by atoms with Gasteiger partial charge in [0.15, 0.2) is 18.4 Å². The van der Waals surface area contributed by atoms with Crippen LogP contribution in [0, 0.1) is 0 Å². The van der Waals surface area contributed by atoms with Gasteiger partial charge in [0.25, 0.3) is 0 Å². The van der Waals surface area contributed by atoms with Crippen LogP contribution in [-0.4, -0.2) is 111 Å². The first-order chi connectivity index (χ1) is 12.1. The fourth-order valence-electron chi connectivity index (χ4n) is 3.33. The largest absolute Gasteiger partial charge is 0.394 e. The summed E-state index contributed by atoms with van der Waals surface area (Å²) in [5, 5.41) is 59.4. The third-order valence-corrected chi connectivity index (χ3v) is 4.79. The van der Waals surface area contributed by atoms with Crippen LogP contribution in [0.25, 0.3) is 0 Å². The van der Waals surface area contributed by atoms with Gasteiger partial charge in [-0.2, -0.15) is 0 Å². The lowest BCUT2D eigenvalue weighted by Crippen LogP contribution is -2.67. The van der Waals surface area contributed by atoms with E-state index in [9.17, 15) is 30.6 Å². The van der Waals surface area contributed by atoms with Crippen molar-refractivity contribution in [3.8, 4) is 0 Å². The molecule has 0 aliphatic carbocycles. The van der Waals surface area contributed by atoms with Gasteiger partial charge in [0.05, 0.1) is 13.2 Å². The maximum atomic E-state index is 10.4. The lowest BCUT2D eigenvalue weighted by molar-refractivity contribution is -0.397. The van der Waals surface area contributed by atoms with E-state index < -0.39 is 73.8 Å². The number of hydrogen-bond acceptors (Lipinski definition) is 11. The number of ether oxygens (including phenoxy) is 5. The summed E-state index contributed by atoms with van der Waals surface area (Å²) in [5.74, 6) is -0.950.